The molecular weight excluding hydrogens is 300 g/mol. The number of carbonyl (C=O) groups is 1. The molecule has 3 aliphatic rings. The number of aromatic nitrogens is 1. The summed E-state index contributed by atoms with van der Waals surface area (Å²) in [5, 5.41) is 1.34. The monoisotopic (exact) mass is 324 g/mol. The fourth-order valence-corrected chi connectivity index (χ4v) is 5.28. The van der Waals surface area contributed by atoms with Crippen molar-refractivity contribution in [3.63, 3.8) is 0 Å². The average Bonchev–Trinajstić information content (AvgIpc) is 2.95. The third kappa shape index (κ3) is 1.73. The summed E-state index contributed by atoms with van der Waals surface area (Å²) in [4.78, 5) is 18.4. The third-order valence-electron chi connectivity index (χ3n) is 6.91. The zero-order valence-corrected chi connectivity index (χ0v) is 14.4. The maximum Gasteiger partial charge on any atom is 0.134 e. The van der Waals surface area contributed by atoms with Crippen LogP contribution in [0.4, 0.5) is 0 Å². The van der Waals surface area contributed by atoms with Crippen LogP contribution in [0.25, 0.3) is 10.9 Å². The fraction of sp³-hybridized carbons (Fsp3) is 0.550. The molecule has 4 nitrogen and oxygen atoms in total. The van der Waals surface area contributed by atoms with E-state index in [4.69, 9.17) is 4.74 Å². The van der Waals surface area contributed by atoms with E-state index in [1.807, 2.05) is 0 Å². The van der Waals surface area contributed by atoms with Gasteiger partial charge in [-0.05, 0) is 38.3 Å². The van der Waals surface area contributed by atoms with Gasteiger partial charge in [0.25, 0.3) is 0 Å². The minimum Gasteiger partial charge on any atom is -0.371 e. The highest BCUT2D eigenvalue weighted by molar-refractivity contribution is 5.85. The number of aromatic amines is 1. The molecule has 0 radical (unpaired) electrons. The Hall–Kier alpha value is -1.65. The molecule has 2 aromatic rings. The van der Waals surface area contributed by atoms with Gasteiger partial charge in [0.1, 0.15) is 5.78 Å². The van der Waals surface area contributed by atoms with Crippen LogP contribution in [0.2, 0.25) is 0 Å². The van der Waals surface area contributed by atoms with Gasteiger partial charge in [-0.15, -0.1) is 0 Å². The van der Waals surface area contributed by atoms with Gasteiger partial charge in [-0.3, -0.25) is 9.69 Å². The summed E-state index contributed by atoms with van der Waals surface area (Å²) in [6, 6.07) is 8.78. The molecule has 1 N–H and O–H groups in total. The number of ether oxygens (including phenoxy) is 1. The SMILES string of the molecule is C[C@@]12CC(=O)CC[C@]1(C)OC[C@H]1c3[nH]c4ccccc4c3CCN12. The van der Waals surface area contributed by atoms with Crippen molar-refractivity contribution in [3.05, 3.63) is 35.5 Å². The van der Waals surface area contributed by atoms with E-state index in [0.29, 0.717) is 25.2 Å². The number of benzene rings is 1. The zero-order valence-electron chi connectivity index (χ0n) is 14.4. The lowest BCUT2D eigenvalue weighted by Gasteiger charge is -2.61. The molecule has 1 aromatic heterocycles. The van der Waals surface area contributed by atoms with Crippen molar-refractivity contribution in [2.45, 2.75) is 56.7 Å². The van der Waals surface area contributed by atoms with E-state index in [1.54, 1.807) is 0 Å². The van der Waals surface area contributed by atoms with Crippen molar-refractivity contribution in [1.82, 2.24) is 9.88 Å². The molecule has 0 unspecified atom stereocenters. The highest BCUT2D eigenvalue weighted by atomic mass is 16.5. The smallest absolute Gasteiger partial charge is 0.134 e. The number of para-hydroxylation sites is 1. The quantitative estimate of drug-likeness (QED) is 0.808. The van der Waals surface area contributed by atoms with Gasteiger partial charge in [0, 0.05) is 36.0 Å². The number of carbonyl (C=O) groups excluding carboxylic acids is 1. The highest BCUT2D eigenvalue weighted by Crippen LogP contribution is 2.51. The number of hydrogen-bond donors (Lipinski definition) is 1. The Bertz CT molecular complexity index is 841. The number of hydrogen-bond acceptors (Lipinski definition) is 3. The van der Waals surface area contributed by atoms with Crippen LogP contribution < -0.4 is 0 Å². The Labute approximate surface area is 142 Å². The minimum absolute atomic E-state index is 0.208. The van der Waals surface area contributed by atoms with Crippen LogP contribution in [0.5, 0.6) is 0 Å². The maximum absolute atomic E-state index is 12.2. The zero-order chi connectivity index (χ0) is 16.5. The summed E-state index contributed by atoms with van der Waals surface area (Å²) < 4.78 is 6.43. The van der Waals surface area contributed by atoms with E-state index in [9.17, 15) is 4.79 Å². The number of nitrogens with zero attached hydrogens (tertiary/aromatic N) is 1. The lowest BCUT2D eigenvalue weighted by Crippen LogP contribution is -2.70. The Morgan fingerprint density at radius 3 is 2.96 bits per heavy atom. The number of rotatable bonds is 0. The van der Waals surface area contributed by atoms with Gasteiger partial charge in [-0.1, -0.05) is 18.2 Å². The van der Waals surface area contributed by atoms with E-state index in [2.05, 4.69) is 48.0 Å². The molecule has 2 fully saturated rings. The number of ketones is 1. The molecule has 0 amide bonds. The van der Waals surface area contributed by atoms with Crippen molar-refractivity contribution in [3.8, 4) is 0 Å². The van der Waals surface area contributed by atoms with Gasteiger partial charge in [-0.2, -0.15) is 0 Å². The molecule has 1 saturated carbocycles. The van der Waals surface area contributed by atoms with E-state index in [-0.39, 0.29) is 17.2 Å². The molecule has 24 heavy (non-hydrogen) atoms. The summed E-state index contributed by atoms with van der Waals surface area (Å²) in [5.74, 6) is 0.377. The second kappa shape index (κ2) is 4.70. The second-order valence-electron chi connectivity index (χ2n) is 8.05. The fourth-order valence-electron chi connectivity index (χ4n) is 5.28. The van der Waals surface area contributed by atoms with Gasteiger partial charge < -0.3 is 9.72 Å². The molecule has 1 saturated heterocycles. The topological polar surface area (TPSA) is 45.3 Å². The minimum atomic E-state index is -0.221. The molecule has 2 aliphatic heterocycles. The Morgan fingerprint density at radius 2 is 2.08 bits per heavy atom. The first-order valence-electron chi connectivity index (χ1n) is 9.04. The molecular formula is C20H24N2O2. The summed E-state index contributed by atoms with van der Waals surface area (Å²) in [6.07, 6.45) is 3.14. The van der Waals surface area contributed by atoms with Gasteiger partial charge in [0.05, 0.1) is 23.8 Å². The first kappa shape index (κ1) is 14.7. The summed E-state index contributed by atoms with van der Waals surface area (Å²) in [5.41, 5.74) is 3.51. The van der Waals surface area contributed by atoms with Crippen molar-refractivity contribution < 1.29 is 9.53 Å². The summed E-state index contributed by atoms with van der Waals surface area (Å²) in [6.45, 7) is 6.16. The lowest BCUT2D eigenvalue weighted by atomic mass is 9.67. The summed E-state index contributed by atoms with van der Waals surface area (Å²) >= 11 is 0. The van der Waals surface area contributed by atoms with Crippen molar-refractivity contribution in [2.75, 3.05) is 13.2 Å². The standard InChI is InChI=1S/C20H24N2O2/c1-19-11-13(23)7-9-20(19,2)24-12-17-18-15(8-10-22(17)19)14-5-3-4-6-16(14)21-18/h3-6,17,21H,7-12H2,1-2H3/t17-,19+,20-/m0/s1. The molecule has 126 valence electrons. The molecule has 3 heterocycles. The number of H-pyrrole nitrogens is 1. The van der Waals surface area contributed by atoms with Crippen molar-refractivity contribution in [1.29, 1.82) is 0 Å². The van der Waals surface area contributed by atoms with Crippen LogP contribution in [-0.2, 0) is 16.0 Å². The van der Waals surface area contributed by atoms with Crippen LogP contribution in [0.3, 0.4) is 0 Å². The van der Waals surface area contributed by atoms with Gasteiger partial charge in [0.15, 0.2) is 0 Å². The predicted octanol–water partition coefficient (Wildman–Crippen LogP) is 3.37. The van der Waals surface area contributed by atoms with Crippen LogP contribution >= 0.6 is 0 Å². The first-order valence-corrected chi connectivity index (χ1v) is 9.04. The Kier molecular flexibility index (Phi) is 2.88. The second-order valence-corrected chi connectivity index (χ2v) is 8.05. The highest BCUT2D eigenvalue weighted by Gasteiger charge is 2.58. The van der Waals surface area contributed by atoms with E-state index >= 15 is 0 Å². The lowest BCUT2D eigenvalue weighted by molar-refractivity contribution is -0.224. The number of nitrogens with one attached hydrogen (secondary N) is 1. The molecule has 0 spiro atoms. The van der Waals surface area contributed by atoms with Gasteiger partial charge in [0.2, 0.25) is 0 Å². The first-order chi connectivity index (χ1) is 11.5. The van der Waals surface area contributed by atoms with E-state index in [0.717, 1.165) is 19.4 Å². The normalized spacial score (nSPS) is 36.2. The Balaban J connectivity index is 1.62. The third-order valence-corrected chi connectivity index (χ3v) is 6.91. The van der Waals surface area contributed by atoms with Crippen LogP contribution in [0, 0.1) is 0 Å². The number of fused-ring (bicyclic) bond motifs is 7. The molecule has 1 aromatic carbocycles. The van der Waals surface area contributed by atoms with Gasteiger partial charge >= 0.3 is 0 Å². The van der Waals surface area contributed by atoms with Crippen molar-refractivity contribution >= 4 is 16.7 Å². The number of Topliss-reactive ketones (excluding diaryl/α,β-unsaturated/α-hetero) is 1. The predicted molar refractivity (Wildman–Crippen MR) is 93.1 cm³/mol. The summed E-state index contributed by atoms with van der Waals surface area (Å²) in [7, 11) is 0. The maximum atomic E-state index is 12.2. The van der Waals surface area contributed by atoms with Gasteiger partial charge in [-0.25, -0.2) is 0 Å². The van der Waals surface area contributed by atoms with Crippen LogP contribution in [-0.4, -0.2) is 40.0 Å². The van der Waals surface area contributed by atoms with Crippen LogP contribution in [0.1, 0.15) is 50.4 Å². The van der Waals surface area contributed by atoms with E-state index < -0.39 is 0 Å². The van der Waals surface area contributed by atoms with Crippen molar-refractivity contribution in [2.24, 2.45) is 0 Å². The molecule has 4 heteroatoms. The average molecular weight is 324 g/mol. The molecule has 3 atom stereocenters. The molecule has 1 aliphatic carbocycles. The van der Waals surface area contributed by atoms with Crippen LogP contribution in [0.15, 0.2) is 24.3 Å². The molecule has 5 rings (SSSR count). The largest absolute Gasteiger partial charge is 0.371 e. The van der Waals surface area contributed by atoms with E-state index in [1.165, 1.54) is 22.2 Å². The Morgan fingerprint density at radius 1 is 1.25 bits per heavy atom. The molecule has 0 bridgehead atoms. The number of morpholine rings is 1.